The van der Waals surface area contributed by atoms with Gasteiger partial charge in [0.25, 0.3) is 0 Å². The average Bonchev–Trinajstić information content (AvgIpc) is 3.15. The molecule has 3 fully saturated rings. The third kappa shape index (κ3) is 5.03. The number of aliphatic carboxylic acids is 1. The maximum atomic E-state index is 13.3. The average molecular weight is 562 g/mol. The first-order chi connectivity index (χ1) is 18.6. The van der Waals surface area contributed by atoms with E-state index >= 15 is 0 Å². The van der Waals surface area contributed by atoms with Gasteiger partial charge in [0.05, 0.1) is 18.6 Å². The zero-order valence-electron chi connectivity index (χ0n) is 23.1. The van der Waals surface area contributed by atoms with Crippen molar-refractivity contribution >= 4 is 29.4 Å². The zero-order chi connectivity index (χ0) is 29.6. The van der Waals surface area contributed by atoms with Crippen molar-refractivity contribution in [3.63, 3.8) is 0 Å². The molecule has 5 N–H and O–H groups in total. The van der Waals surface area contributed by atoms with Crippen LogP contribution in [-0.4, -0.2) is 80.3 Å². The van der Waals surface area contributed by atoms with Crippen molar-refractivity contribution in [2.24, 2.45) is 28.6 Å². The van der Waals surface area contributed by atoms with Crippen molar-refractivity contribution in [1.29, 1.82) is 0 Å². The molecule has 4 aliphatic rings. The Morgan fingerprint density at radius 3 is 2.52 bits per heavy atom. The molecule has 0 bridgehead atoms. The van der Waals surface area contributed by atoms with E-state index in [0.717, 1.165) is 12.0 Å². The second-order valence-electron chi connectivity index (χ2n) is 12.3. The molecule has 0 aliphatic heterocycles. The highest BCUT2D eigenvalue weighted by atomic mass is 16.5. The van der Waals surface area contributed by atoms with Crippen LogP contribution in [0.4, 0.5) is 0 Å². The highest BCUT2D eigenvalue weighted by Gasteiger charge is 2.68. The second-order valence-corrected chi connectivity index (χ2v) is 12.3. The minimum atomic E-state index is -1.80. The number of amides is 1. The molecule has 1 amide bonds. The molecule has 4 aliphatic carbocycles. The van der Waals surface area contributed by atoms with Gasteiger partial charge in [-0.25, -0.2) is 4.79 Å². The fraction of sp³-hybridized carbons (Fsp3) is 0.690. The Kier molecular flexibility index (Phi) is 8.14. The first-order valence-electron chi connectivity index (χ1n) is 13.9. The molecule has 220 valence electrons. The van der Waals surface area contributed by atoms with E-state index in [1.807, 2.05) is 19.9 Å². The number of Topliss-reactive ketones (excluding diaryl/α,β-unsaturated/α-hetero) is 1. The summed E-state index contributed by atoms with van der Waals surface area (Å²) in [6.07, 6.45) is 4.52. The van der Waals surface area contributed by atoms with Crippen LogP contribution in [0.15, 0.2) is 23.8 Å². The van der Waals surface area contributed by atoms with E-state index in [2.05, 4.69) is 5.32 Å². The molecule has 0 unspecified atom stereocenters. The number of hydrogen-bond acceptors (Lipinski definition) is 9. The molecule has 0 aromatic rings. The molecule has 11 heteroatoms. The predicted octanol–water partition coefficient (Wildman–Crippen LogP) is 0.839. The highest BCUT2D eigenvalue weighted by molar-refractivity contribution is 6.01. The number of aliphatic hydroxyl groups is 3. The van der Waals surface area contributed by atoms with E-state index < -0.39 is 77.8 Å². The van der Waals surface area contributed by atoms with Gasteiger partial charge in [-0.15, -0.1) is 0 Å². The van der Waals surface area contributed by atoms with E-state index in [0.29, 0.717) is 12.8 Å². The van der Waals surface area contributed by atoms with Crippen molar-refractivity contribution < 1.29 is 49.1 Å². The number of carboxylic acid groups (broad SMARTS) is 1. The maximum absolute atomic E-state index is 13.3. The summed E-state index contributed by atoms with van der Waals surface area (Å²) in [6.45, 7) is 4.39. The minimum Gasteiger partial charge on any atom is -0.480 e. The summed E-state index contributed by atoms with van der Waals surface area (Å²) < 4.78 is 5.08. The van der Waals surface area contributed by atoms with Crippen LogP contribution in [0.1, 0.15) is 65.7 Å². The van der Waals surface area contributed by atoms with E-state index in [4.69, 9.17) is 9.84 Å². The molecular weight excluding hydrogens is 522 g/mol. The monoisotopic (exact) mass is 561 g/mol. The molecule has 11 nitrogen and oxygen atoms in total. The topological polar surface area (TPSA) is 188 Å². The van der Waals surface area contributed by atoms with Gasteiger partial charge in [0.15, 0.2) is 18.4 Å². The van der Waals surface area contributed by atoms with E-state index in [-0.39, 0.29) is 36.4 Å². The number of esters is 1. The molecule has 40 heavy (non-hydrogen) atoms. The lowest BCUT2D eigenvalue weighted by atomic mass is 9.46. The SMILES string of the molecule is C[C@@H](O)[C@@H](NC(=O)CCC(=O)OCC(=O)[C@@]1(O)CC[C@H]2[C@@H]3CCC4=CC(=O)C=C[C@]4(C)[C@H]3[C@@H](O)C[C@@]21C)C(=O)O. The quantitative estimate of drug-likeness (QED) is 0.252. The first kappa shape index (κ1) is 30.1. The van der Waals surface area contributed by atoms with Crippen LogP contribution in [0.5, 0.6) is 0 Å². The normalized spacial score (nSPS) is 37.8. The van der Waals surface area contributed by atoms with E-state index in [1.54, 1.807) is 12.2 Å². The van der Waals surface area contributed by atoms with Gasteiger partial charge < -0.3 is 30.5 Å². The molecule has 0 aromatic heterocycles. The van der Waals surface area contributed by atoms with Crippen molar-refractivity contribution in [2.45, 2.75) is 89.6 Å². The van der Waals surface area contributed by atoms with Gasteiger partial charge in [0, 0.05) is 23.2 Å². The summed E-state index contributed by atoms with van der Waals surface area (Å²) in [5.74, 6) is -3.93. The fourth-order valence-electron chi connectivity index (χ4n) is 7.98. The van der Waals surface area contributed by atoms with Crippen molar-refractivity contribution in [1.82, 2.24) is 5.32 Å². The summed E-state index contributed by atoms with van der Waals surface area (Å²) in [5, 5.41) is 43.8. The van der Waals surface area contributed by atoms with Gasteiger partial charge in [0.1, 0.15) is 5.60 Å². The summed E-state index contributed by atoms with van der Waals surface area (Å²) in [4.78, 5) is 60.6. The molecule has 0 spiro atoms. The van der Waals surface area contributed by atoms with Crippen LogP contribution in [-0.2, 0) is 28.7 Å². The van der Waals surface area contributed by atoms with Crippen molar-refractivity contribution in [2.75, 3.05) is 6.61 Å². The Bertz CT molecular complexity index is 1160. The number of carbonyl (C=O) groups excluding carboxylic acids is 4. The number of ketones is 2. The summed E-state index contributed by atoms with van der Waals surface area (Å²) in [7, 11) is 0. The Morgan fingerprint density at radius 2 is 1.88 bits per heavy atom. The highest BCUT2D eigenvalue weighted by Crippen LogP contribution is 2.67. The Balaban J connectivity index is 1.38. The maximum Gasteiger partial charge on any atom is 0.328 e. The standard InChI is InChI=1S/C29H39NO10/c1-15(31)25(26(37)38)30-22(35)6-7-23(36)40-14-21(34)29(39)11-9-19-18-5-4-16-12-17(32)8-10-27(16,2)24(18)20(33)13-28(19,29)3/h8,10,12,15,18-20,24-25,31,33,39H,4-7,9,11,13-14H2,1-3H3,(H,30,35)(H,37,38)/t15-,18+,19+,20+,24-,25-,27+,28+,29+/m1/s1. The molecule has 3 saturated carbocycles. The number of aliphatic hydroxyl groups excluding tert-OH is 2. The van der Waals surface area contributed by atoms with Crippen LogP contribution in [0.2, 0.25) is 0 Å². The smallest absolute Gasteiger partial charge is 0.328 e. The third-order valence-electron chi connectivity index (χ3n) is 10.1. The lowest BCUT2D eigenvalue weighted by Crippen LogP contribution is -2.61. The first-order valence-corrected chi connectivity index (χ1v) is 13.9. The Labute approximate surface area is 232 Å². The van der Waals surface area contributed by atoms with Crippen LogP contribution in [0, 0.1) is 28.6 Å². The number of carboxylic acids is 1. The Morgan fingerprint density at radius 1 is 1.18 bits per heavy atom. The molecule has 0 heterocycles. The summed E-state index contributed by atoms with van der Waals surface area (Å²) in [5.41, 5.74) is -2.19. The number of ether oxygens (including phenoxy) is 1. The van der Waals surface area contributed by atoms with Gasteiger partial charge in [-0.3, -0.25) is 19.2 Å². The summed E-state index contributed by atoms with van der Waals surface area (Å²) in [6, 6.07) is -1.52. The third-order valence-corrected chi connectivity index (χ3v) is 10.1. The van der Waals surface area contributed by atoms with E-state index in [1.165, 1.54) is 6.92 Å². The zero-order valence-corrected chi connectivity index (χ0v) is 23.1. The van der Waals surface area contributed by atoms with Crippen LogP contribution in [0.25, 0.3) is 0 Å². The largest absolute Gasteiger partial charge is 0.480 e. The number of nitrogens with one attached hydrogen (secondary N) is 1. The molecule has 9 atom stereocenters. The number of fused-ring (bicyclic) bond motifs is 5. The second kappa shape index (κ2) is 10.8. The number of carbonyl (C=O) groups is 5. The lowest BCUT2D eigenvalue weighted by Gasteiger charge is -2.59. The molecule has 0 saturated heterocycles. The number of hydrogen-bond donors (Lipinski definition) is 5. The molecule has 4 rings (SSSR count). The summed E-state index contributed by atoms with van der Waals surface area (Å²) >= 11 is 0. The van der Waals surface area contributed by atoms with Gasteiger partial charge >= 0.3 is 11.9 Å². The van der Waals surface area contributed by atoms with Gasteiger partial charge in [-0.2, -0.15) is 0 Å². The van der Waals surface area contributed by atoms with Crippen molar-refractivity contribution in [3.05, 3.63) is 23.8 Å². The van der Waals surface area contributed by atoms with Crippen molar-refractivity contribution in [3.8, 4) is 0 Å². The van der Waals surface area contributed by atoms with Gasteiger partial charge in [-0.1, -0.05) is 25.5 Å². The van der Waals surface area contributed by atoms with Crippen LogP contribution >= 0.6 is 0 Å². The minimum absolute atomic E-state index is 0.0351. The Hall–Kier alpha value is -2.89. The van der Waals surface area contributed by atoms with Gasteiger partial charge in [0.2, 0.25) is 11.7 Å². The fourth-order valence-corrected chi connectivity index (χ4v) is 7.98. The molecule has 0 aromatic carbocycles. The number of rotatable bonds is 9. The predicted molar refractivity (Wildman–Crippen MR) is 139 cm³/mol. The molecular formula is C29H39NO10. The van der Waals surface area contributed by atoms with Crippen LogP contribution < -0.4 is 5.32 Å². The van der Waals surface area contributed by atoms with E-state index in [9.17, 15) is 39.3 Å². The van der Waals surface area contributed by atoms with Gasteiger partial charge in [-0.05, 0) is 63.0 Å². The molecule has 0 radical (unpaired) electrons. The number of allylic oxidation sites excluding steroid dienone is 4. The lowest BCUT2D eigenvalue weighted by molar-refractivity contribution is -0.181. The van der Waals surface area contributed by atoms with Crippen LogP contribution in [0.3, 0.4) is 0 Å².